The third-order valence-corrected chi connectivity index (χ3v) is 6.92. The third kappa shape index (κ3) is 4.01. The average molecular weight is 416 g/mol. The SMILES string of the molecule is CC(C)c1c(-c2cc(C=CC3CC3)c(=O)n(C)c2)[nH]c2ccc(C3CCNCC3)cc12. The number of fused-ring (bicyclic) bond motifs is 1. The number of allylic oxidation sites excluding steroid dienone is 1. The first-order chi connectivity index (χ1) is 15.0. The molecule has 2 aliphatic rings. The minimum absolute atomic E-state index is 0.0658. The monoisotopic (exact) mass is 415 g/mol. The second-order valence-electron chi connectivity index (χ2n) is 9.69. The van der Waals surface area contributed by atoms with E-state index in [2.05, 4.69) is 54.5 Å². The van der Waals surface area contributed by atoms with E-state index in [1.54, 1.807) is 4.57 Å². The molecule has 1 aromatic carbocycles. The molecule has 4 nitrogen and oxygen atoms in total. The number of rotatable bonds is 5. The molecule has 0 atom stereocenters. The second-order valence-corrected chi connectivity index (χ2v) is 9.69. The minimum Gasteiger partial charge on any atom is -0.354 e. The summed E-state index contributed by atoms with van der Waals surface area (Å²) in [5.41, 5.74) is 7.05. The number of hydrogen-bond donors (Lipinski definition) is 2. The summed E-state index contributed by atoms with van der Waals surface area (Å²) in [5.74, 6) is 1.68. The zero-order valence-corrected chi connectivity index (χ0v) is 18.9. The first-order valence-corrected chi connectivity index (χ1v) is 11.8. The predicted octanol–water partition coefficient (Wildman–Crippen LogP) is 5.55. The van der Waals surface area contributed by atoms with Gasteiger partial charge in [-0.1, -0.05) is 32.1 Å². The van der Waals surface area contributed by atoms with Gasteiger partial charge >= 0.3 is 0 Å². The fourth-order valence-electron chi connectivity index (χ4n) is 4.99. The number of aromatic nitrogens is 2. The molecule has 2 N–H and O–H groups in total. The Morgan fingerprint density at radius 2 is 1.87 bits per heavy atom. The lowest BCUT2D eigenvalue weighted by atomic mass is 9.88. The van der Waals surface area contributed by atoms with Crippen LogP contribution in [0, 0.1) is 5.92 Å². The highest BCUT2D eigenvalue weighted by molar-refractivity contribution is 5.92. The van der Waals surface area contributed by atoms with E-state index in [9.17, 15) is 4.79 Å². The van der Waals surface area contributed by atoms with Gasteiger partial charge in [-0.25, -0.2) is 0 Å². The number of nitrogens with one attached hydrogen (secondary N) is 2. The van der Waals surface area contributed by atoms with Crippen molar-refractivity contribution >= 4 is 17.0 Å². The number of piperidine rings is 1. The van der Waals surface area contributed by atoms with E-state index in [1.807, 2.05) is 19.3 Å². The van der Waals surface area contributed by atoms with Crippen molar-refractivity contribution in [3.05, 3.63) is 63.6 Å². The molecule has 1 saturated carbocycles. The Morgan fingerprint density at radius 1 is 1.10 bits per heavy atom. The van der Waals surface area contributed by atoms with Crippen molar-refractivity contribution in [2.45, 2.75) is 51.4 Å². The van der Waals surface area contributed by atoms with Crippen molar-refractivity contribution < 1.29 is 0 Å². The molecule has 1 aliphatic carbocycles. The molecule has 0 bridgehead atoms. The molecule has 0 unspecified atom stereocenters. The molecule has 2 fully saturated rings. The van der Waals surface area contributed by atoms with Gasteiger partial charge in [0.1, 0.15) is 0 Å². The summed E-state index contributed by atoms with van der Waals surface area (Å²) in [6.07, 6.45) is 11.1. The van der Waals surface area contributed by atoms with Gasteiger partial charge < -0.3 is 14.9 Å². The lowest BCUT2D eigenvalue weighted by Gasteiger charge is -2.23. The lowest BCUT2D eigenvalue weighted by Crippen LogP contribution is -2.26. The molecule has 162 valence electrons. The van der Waals surface area contributed by atoms with Gasteiger partial charge in [0.25, 0.3) is 5.56 Å². The molecule has 2 aromatic heterocycles. The molecular weight excluding hydrogens is 382 g/mol. The predicted molar refractivity (Wildman–Crippen MR) is 130 cm³/mol. The maximum Gasteiger partial charge on any atom is 0.257 e. The van der Waals surface area contributed by atoms with Crippen molar-refractivity contribution in [1.82, 2.24) is 14.9 Å². The van der Waals surface area contributed by atoms with Crippen LogP contribution in [0.4, 0.5) is 0 Å². The average Bonchev–Trinajstić information content (AvgIpc) is 3.52. The molecule has 5 rings (SSSR count). The van der Waals surface area contributed by atoms with Gasteiger partial charge in [-0.3, -0.25) is 4.79 Å². The normalized spacial score (nSPS) is 17.9. The van der Waals surface area contributed by atoms with Crippen LogP contribution in [0.5, 0.6) is 0 Å². The standard InChI is InChI=1S/C27H33N3O/c1-17(2)25-23-15-20(19-10-12-28-13-11-19)8-9-24(23)29-26(25)22-14-21(7-6-18-4-5-18)27(31)30(3)16-22/h6-9,14-19,28-29H,4-5,10-13H2,1-3H3. The first-order valence-electron chi connectivity index (χ1n) is 11.8. The molecule has 3 aromatic rings. The summed E-state index contributed by atoms with van der Waals surface area (Å²) < 4.78 is 1.72. The van der Waals surface area contributed by atoms with E-state index in [-0.39, 0.29) is 5.56 Å². The van der Waals surface area contributed by atoms with Crippen molar-refractivity contribution in [2.75, 3.05) is 13.1 Å². The highest BCUT2D eigenvalue weighted by Gasteiger charge is 2.21. The molecular formula is C27H33N3O. The Hall–Kier alpha value is -2.59. The Labute approximate surface area is 184 Å². The van der Waals surface area contributed by atoms with Gasteiger partial charge in [-0.2, -0.15) is 0 Å². The van der Waals surface area contributed by atoms with Gasteiger partial charge in [0.15, 0.2) is 0 Å². The maximum atomic E-state index is 12.7. The fraction of sp³-hybridized carbons (Fsp3) is 0.444. The maximum absolute atomic E-state index is 12.7. The number of aryl methyl sites for hydroxylation is 1. The summed E-state index contributed by atoms with van der Waals surface area (Å²) in [4.78, 5) is 16.4. The van der Waals surface area contributed by atoms with E-state index < -0.39 is 0 Å². The number of nitrogens with zero attached hydrogens (tertiary/aromatic N) is 1. The largest absolute Gasteiger partial charge is 0.354 e. The highest BCUT2D eigenvalue weighted by Crippen LogP contribution is 2.38. The number of H-pyrrole nitrogens is 1. The molecule has 1 aliphatic heterocycles. The van der Waals surface area contributed by atoms with Crippen LogP contribution in [0.1, 0.15) is 68.1 Å². The minimum atomic E-state index is 0.0658. The van der Waals surface area contributed by atoms with Crippen LogP contribution >= 0.6 is 0 Å². The summed E-state index contributed by atoms with van der Waals surface area (Å²) in [5, 5.41) is 4.80. The van der Waals surface area contributed by atoms with Crippen LogP contribution in [0.25, 0.3) is 28.2 Å². The van der Waals surface area contributed by atoms with Crippen molar-refractivity contribution in [1.29, 1.82) is 0 Å². The number of benzene rings is 1. The summed E-state index contributed by atoms with van der Waals surface area (Å²) in [6, 6.07) is 9.02. The molecule has 0 radical (unpaired) electrons. The number of aromatic amines is 1. The highest BCUT2D eigenvalue weighted by atomic mass is 16.1. The van der Waals surface area contributed by atoms with Crippen LogP contribution in [0.3, 0.4) is 0 Å². The van der Waals surface area contributed by atoms with Crippen LogP contribution in [-0.4, -0.2) is 22.6 Å². The van der Waals surface area contributed by atoms with Gasteiger partial charge in [-0.15, -0.1) is 0 Å². The van der Waals surface area contributed by atoms with Crippen molar-refractivity contribution in [2.24, 2.45) is 13.0 Å². The Balaban J connectivity index is 1.62. The fourth-order valence-corrected chi connectivity index (χ4v) is 4.99. The Morgan fingerprint density at radius 3 is 2.58 bits per heavy atom. The summed E-state index contributed by atoms with van der Waals surface area (Å²) in [7, 11) is 1.85. The van der Waals surface area contributed by atoms with Crippen LogP contribution in [0.15, 0.2) is 41.3 Å². The van der Waals surface area contributed by atoms with E-state index >= 15 is 0 Å². The Kier molecular flexibility index (Phi) is 5.35. The molecule has 0 amide bonds. The molecule has 1 saturated heterocycles. The number of hydrogen-bond acceptors (Lipinski definition) is 2. The molecule has 3 heterocycles. The van der Waals surface area contributed by atoms with Crippen LogP contribution in [-0.2, 0) is 7.05 Å². The molecule has 4 heteroatoms. The zero-order chi connectivity index (χ0) is 21.5. The molecule has 31 heavy (non-hydrogen) atoms. The third-order valence-electron chi connectivity index (χ3n) is 6.92. The molecule has 0 spiro atoms. The van der Waals surface area contributed by atoms with E-state index in [1.165, 1.54) is 47.7 Å². The Bertz CT molecular complexity index is 1190. The van der Waals surface area contributed by atoms with Crippen molar-refractivity contribution in [3.63, 3.8) is 0 Å². The van der Waals surface area contributed by atoms with Crippen LogP contribution < -0.4 is 10.9 Å². The van der Waals surface area contributed by atoms with Gasteiger partial charge in [0.2, 0.25) is 0 Å². The number of pyridine rings is 1. The quantitative estimate of drug-likeness (QED) is 0.574. The van der Waals surface area contributed by atoms with Gasteiger partial charge in [0, 0.05) is 35.3 Å². The lowest BCUT2D eigenvalue weighted by molar-refractivity contribution is 0.460. The first kappa shape index (κ1) is 20.3. The van der Waals surface area contributed by atoms with E-state index in [4.69, 9.17) is 0 Å². The topological polar surface area (TPSA) is 49.8 Å². The van der Waals surface area contributed by atoms with Crippen LogP contribution in [0.2, 0.25) is 0 Å². The smallest absolute Gasteiger partial charge is 0.257 e. The summed E-state index contributed by atoms with van der Waals surface area (Å²) in [6.45, 7) is 6.74. The summed E-state index contributed by atoms with van der Waals surface area (Å²) >= 11 is 0. The second kappa shape index (κ2) is 8.16. The van der Waals surface area contributed by atoms with Crippen molar-refractivity contribution in [3.8, 4) is 11.3 Å². The van der Waals surface area contributed by atoms with Gasteiger partial charge in [0.05, 0.1) is 5.69 Å². The zero-order valence-electron chi connectivity index (χ0n) is 18.9. The van der Waals surface area contributed by atoms with E-state index in [0.717, 1.165) is 29.9 Å². The van der Waals surface area contributed by atoms with Gasteiger partial charge in [-0.05, 0) is 85.9 Å². The van der Waals surface area contributed by atoms with E-state index in [0.29, 0.717) is 17.8 Å².